The summed E-state index contributed by atoms with van der Waals surface area (Å²) >= 11 is 0. The van der Waals surface area contributed by atoms with Crippen molar-refractivity contribution >= 4 is 11.5 Å². The first-order valence-electron chi connectivity index (χ1n) is 8.87. The molecule has 1 N–H and O–H groups in total. The third kappa shape index (κ3) is 4.23. The lowest BCUT2D eigenvalue weighted by Gasteiger charge is -2.18. The van der Waals surface area contributed by atoms with Gasteiger partial charge in [-0.3, -0.25) is 4.99 Å². The zero-order valence-electron chi connectivity index (χ0n) is 15.6. The number of amidine groups is 1. The van der Waals surface area contributed by atoms with Crippen molar-refractivity contribution < 1.29 is 9.57 Å². The topological polar surface area (TPSA) is 55.2 Å². The largest absolute Gasteiger partial charge is 0.489 e. The molecule has 0 fully saturated rings. The summed E-state index contributed by atoms with van der Waals surface area (Å²) in [7, 11) is 1.55. The second-order valence-corrected chi connectivity index (χ2v) is 6.35. The number of nitrogens with zero attached hydrogens (tertiary/aromatic N) is 2. The summed E-state index contributed by atoms with van der Waals surface area (Å²) in [5, 5.41) is 7.55. The van der Waals surface area contributed by atoms with Crippen LogP contribution in [0.1, 0.15) is 28.7 Å². The lowest BCUT2D eigenvalue weighted by atomic mass is 10.0. The molecule has 2 aromatic carbocycles. The molecule has 0 unspecified atom stereocenters. The molecule has 0 radical (unpaired) electrons. The van der Waals surface area contributed by atoms with Gasteiger partial charge >= 0.3 is 0 Å². The number of rotatable bonds is 6. The minimum atomic E-state index is 0.454. The third-order valence-electron chi connectivity index (χ3n) is 4.29. The maximum atomic E-state index is 6.08. The monoisotopic (exact) mass is 351 g/mol. The van der Waals surface area contributed by atoms with Gasteiger partial charge in [0.25, 0.3) is 0 Å². The molecule has 0 aromatic heterocycles. The normalized spacial score (nSPS) is 14.4. The van der Waals surface area contributed by atoms with Gasteiger partial charge in [0.05, 0.1) is 0 Å². The molecule has 5 nitrogen and oxygen atoms in total. The fourth-order valence-corrected chi connectivity index (χ4v) is 3.00. The van der Waals surface area contributed by atoms with Gasteiger partial charge in [-0.05, 0) is 37.5 Å². The van der Waals surface area contributed by atoms with E-state index in [4.69, 9.17) is 9.57 Å². The van der Waals surface area contributed by atoms with Gasteiger partial charge in [-0.15, -0.1) is 0 Å². The third-order valence-corrected chi connectivity index (χ3v) is 4.29. The molecular formula is C21H25N3O2. The molecule has 136 valence electrons. The first-order valence-corrected chi connectivity index (χ1v) is 8.87. The average Bonchev–Trinajstić information content (AvgIpc) is 2.66. The number of hydrogen-bond acceptors (Lipinski definition) is 5. The maximum Gasteiger partial charge on any atom is 0.152 e. The van der Waals surface area contributed by atoms with Crippen molar-refractivity contribution in [3.05, 3.63) is 64.7 Å². The minimum absolute atomic E-state index is 0.454. The zero-order chi connectivity index (χ0) is 18.4. The van der Waals surface area contributed by atoms with E-state index in [-0.39, 0.29) is 0 Å². The molecule has 2 aromatic rings. The van der Waals surface area contributed by atoms with Crippen LogP contribution >= 0.6 is 0 Å². The Bertz CT molecular complexity index is 828. The molecule has 1 aliphatic rings. The Labute approximate surface area is 154 Å². The van der Waals surface area contributed by atoms with E-state index >= 15 is 0 Å². The van der Waals surface area contributed by atoms with Gasteiger partial charge < -0.3 is 14.9 Å². The van der Waals surface area contributed by atoms with Crippen molar-refractivity contribution in [1.29, 1.82) is 0 Å². The van der Waals surface area contributed by atoms with E-state index in [0.717, 1.165) is 47.8 Å². The fraction of sp³-hybridized carbons (Fsp3) is 0.333. The molecule has 0 bridgehead atoms. The Morgan fingerprint density at radius 2 is 2.04 bits per heavy atom. The van der Waals surface area contributed by atoms with Crippen molar-refractivity contribution in [3.8, 4) is 5.75 Å². The minimum Gasteiger partial charge on any atom is -0.489 e. The SMILES string of the molecule is CON=C(C1=NCCCN1)c1ccccc1COc1ccc(C)cc1C. The highest BCUT2D eigenvalue weighted by Gasteiger charge is 2.18. The molecule has 3 rings (SSSR count). The van der Waals surface area contributed by atoms with Crippen molar-refractivity contribution in [2.75, 3.05) is 20.2 Å². The van der Waals surface area contributed by atoms with Crippen molar-refractivity contribution in [2.45, 2.75) is 26.9 Å². The number of aliphatic imine (C=N–C) groups is 1. The predicted molar refractivity (Wildman–Crippen MR) is 105 cm³/mol. The van der Waals surface area contributed by atoms with E-state index in [1.807, 2.05) is 30.3 Å². The average molecular weight is 351 g/mol. The lowest BCUT2D eigenvalue weighted by Crippen LogP contribution is -2.37. The molecule has 0 saturated heterocycles. The van der Waals surface area contributed by atoms with Crippen LogP contribution in [-0.2, 0) is 11.4 Å². The van der Waals surface area contributed by atoms with Gasteiger partial charge in [0.15, 0.2) is 11.5 Å². The van der Waals surface area contributed by atoms with E-state index < -0.39 is 0 Å². The van der Waals surface area contributed by atoms with Crippen molar-refractivity contribution in [1.82, 2.24) is 5.32 Å². The summed E-state index contributed by atoms with van der Waals surface area (Å²) in [6.45, 7) is 6.29. The molecule has 0 aliphatic carbocycles. The highest BCUT2D eigenvalue weighted by Crippen LogP contribution is 2.21. The molecule has 26 heavy (non-hydrogen) atoms. The molecule has 5 heteroatoms. The smallest absolute Gasteiger partial charge is 0.152 e. The first-order chi connectivity index (χ1) is 12.7. The summed E-state index contributed by atoms with van der Waals surface area (Å²) in [5.74, 6) is 1.67. The Balaban J connectivity index is 1.87. The van der Waals surface area contributed by atoms with E-state index in [1.54, 1.807) is 7.11 Å². The predicted octanol–water partition coefficient (Wildman–Crippen LogP) is 3.62. The molecular weight excluding hydrogens is 326 g/mol. The Morgan fingerprint density at radius 3 is 2.77 bits per heavy atom. The van der Waals surface area contributed by atoms with E-state index in [1.165, 1.54) is 5.56 Å². The summed E-state index contributed by atoms with van der Waals surface area (Å²) in [5.41, 5.74) is 5.08. The second-order valence-electron chi connectivity index (χ2n) is 6.35. The molecule has 1 heterocycles. The fourth-order valence-electron chi connectivity index (χ4n) is 3.00. The first kappa shape index (κ1) is 18.0. The molecule has 0 spiro atoms. The quantitative estimate of drug-likeness (QED) is 0.639. The van der Waals surface area contributed by atoms with Crippen LogP contribution < -0.4 is 10.1 Å². The van der Waals surface area contributed by atoms with Gasteiger partial charge in [0.2, 0.25) is 0 Å². The van der Waals surface area contributed by atoms with Crippen LogP contribution in [-0.4, -0.2) is 31.7 Å². The van der Waals surface area contributed by atoms with Crippen LogP contribution in [0, 0.1) is 13.8 Å². The van der Waals surface area contributed by atoms with E-state index in [0.29, 0.717) is 12.3 Å². The number of aryl methyl sites for hydroxylation is 2. The number of oxime groups is 1. The Kier molecular flexibility index (Phi) is 5.89. The molecule has 0 amide bonds. The van der Waals surface area contributed by atoms with Crippen LogP contribution in [0.4, 0.5) is 0 Å². The number of benzene rings is 2. The maximum absolute atomic E-state index is 6.08. The second kappa shape index (κ2) is 8.52. The van der Waals surface area contributed by atoms with Gasteiger partial charge in [-0.2, -0.15) is 0 Å². The van der Waals surface area contributed by atoms with Crippen LogP contribution in [0.5, 0.6) is 5.75 Å². The van der Waals surface area contributed by atoms with Crippen LogP contribution in [0.2, 0.25) is 0 Å². The summed E-state index contributed by atoms with van der Waals surface area (Å²) in [6.07, 6.45) is 1.03. The van der Waals surface area contributed by atoms with Gasteiger partial charge in [0.1, 0.15) is 19.5 Å². The Morgan fingerprint density at radius 1 is 1.19 bits per heavy atom. The summed E-state index contributed by atoms with van der Waals surface area (Å²) in [6, 6.07) is 14.3. The number of ether oxygens (including phenoxy) is 1. The number of nitrogens with one attached hydrogen (secondary N) is 1. The highest BCUT2D eigenvalue weighted by molar-refractivity contribution is 6.47. The summed E-state index contributed by atoms with van der Waals surface area (Å²) in [4.78, 5) is 9.65. The standard InChI is InChI=1S/C21H25N3O2/c1-15-9-10-19(16(2)13-15)26-14-17-7-4-5-8-18(17)20(24-25-3)21-22-11-6-12-23-21/h4-5,7-10,13H,6,11-12,14H2,1-3H3,(H,22,23). The van der Waals surface area contributed by atoms with Crippen molar-refractivity contribution in [3.63, 3.8) is 0 Å². The van der Waals surface area contributed by atoms with Gasteiger partial charge in [0, 0.05) is 18.7 Å². The van der Waals surface area contributed by atoms with Crippen molar-refractivity contribution in [2.24, 2.45) is 10.1 Å². The van der Waals surface area contributed by atoms with E-state index in [2.05, 4.69) is 41.4 Å². The molecule has 0 atom stereocenters. The zero-order valence-corrected chi connectivity index (χ0v) is 15.6. The summed E-state index contributed by atoms with van der Waals surface area (Å²) < 4.78 is 6.08. The van der Waals surface area contributed by atoms with Gasteiger partial charge in [-0.1, -0.05) is 47.1 Å². The lowest BCUT2D eigenvalue weighted by molar-refractivity contribution is 0.214. The Hall–Kier alpha value is -2.82. The molecule has 1 aliphatic heterocycles. The van der Waals surface area contributed by atoms with Crippen LogP contribution in [0.15, 0.2) is 52.6 Å². The van der Waals surface area contributed by atoms with Crippen LogP contribution in [0.25, 0.3) is 0 Å². The van der Waals surface area contributed by atoms with Gasteiger partial charge in [-0.25, -0.2) is 0 Å². The van der Waals surface area contributed by atoms with Crippen LogP contribution in [0.3, 0.4) is 0 Å². The molecule has 0 saturated carbocycles. The highest BCUT2D eigenvalue weighted by atomic mass is 16.6. The van der Waals surface area contributed by atoms with E-state index in [9.17, 15) is 0 Å². The number of hydrogen-bond donors (Lipinski definition) is 1.